The highest BCUT2D eigenvalue weighted by Crippen LogP contribution is 2.41. The van der Waals surface area contributed by atoms with Crippen LogP contribution in [0.15, 0.2) is 73.1 Å². The molecule has 1 amide bonds. The van der Waals surface area contributed by atoms with Crippen molar-refractivity contribution in [3.05, 3.63) is 90.0 Å². The number of fused-ring (bicyclic) bond motifs is 1. The number of nitrogens with one attached hydrogen (secondary N) is 1. The van der Waals surface area contributed by atoms with Gasteiger partial charge < -0.3 is 15.6 Å². The first kappa shape index (κ1) is 24.0. The maximum atomic E-state index is 12.0. The predicted molar refractivity (Wildman–Crippen MR) is 148 cm³/mol. The highest BCUT2D eigenvalue weighted by Gasteiger charge is 2.22. The number of rotatable bonds is 6. The highest BCUT2D eigenvalue weighted by molar-refractivity contribution is 6.08. The van der Waals surface area contributed by atoms with Crippen molar-refractivity contribution in [2.75, 3.05) is 11.1 Å². The van der Waals surface area contributed by atoms with Crippen molar-refractivity contribution in [3.63, 3.8) is 0 Å². The van der Waals surface area contributed by atoms with Crippen LogP contribution in [0.3, 0.4) is 0 Å². The summed E-state index contributed by atoms with van der Waals surface area (Å²) in [6, 6.07) is 18.2. The summed E-state index contributed by atoms with van der Waals surface area (Å²) in [6.07, 6.45) is 1.49. The molecule has 5 aromatic rings. The zero-order valence-corrected chi connectivity index (χ0v) is 21.4. The topological polar surface area (TPSA) is 104 Å². The molecular weight excluding hydrogens is 462 g/mol. The average Bonchev–Trinajstić information content (AvgIpc) is 3.35. The minimum atomic E-state index is -0.207. The molecule has 8 nitrogen and oxygen atoms in total. The van der Waals surface area contributed by atoms with Crippen molar-refractivity contribution >= 4 is 28.4 Å². The van der Waals surface area contributed by atoms with E-state index in [9.17, 15) is 4.79 Å². The number of benzene rings is 2. The van der Waals surface area contributed by atoms with Crippen LogP contribution in [0.2, 0.25) is 0 Å². The second-order valence-corrected chi connectivity index (χ2v) is 9.33. The summed E-state index contributed by atoms with van der Waals surface area (Å²) in [5, 5.41) is 8.24. The molecule has 0 atom stereocenters. The van der Waals surface area contributed by atoms with Gasteiger partial charge in [-0.3, -0.25) is 9.48 Å². The second-order valence-electron chi connectivity index (χ2n) is 9.33. The maximum absolute atomic E-state index is 12.0. The molecule has 0 spiro atoms. The largest absolute Gasteiger partial charge is 0.383 e. The van der Waals surface area contributed by atoms with Gasteiger partial charge >= 0.3 is 0 Å². The molecule has 0 saturated heterocycles. The number of aromatic nitrogens is 5. The van der Waals surface area contributed by atoms with Gasteiger partial charge in [0.05, 0.1) is 23.3 Å². The molecule has 8 heteroatoms. The fraction of sp³-hybridized carbons (Fsp3) is 0.172. The number of hydrogen-bond acceptors (Lipinski definition) is 5. The fourth-order valence-electron chi connectivity index (χ4n) is 4.63. The van der Waals surface area contributed by atoms with Crippen molar-refractivity contribution in [2.45, 2.75) is 27.3 Å². The van der Waals surface area contributed by atoms with Gasteiger partial charge in [-0.1, -0.05) is 43.0 Å². The number of nitrogens with two attached hydrogens (primary N) is 1. The first-order valence-electron chi connectivity index (χ1n) is 12.0. The molecule has 0 unspecified atom stereocenters. The van der Waals surface area contributed by atoms with Gasteiger partial charge in [0.2, 0.25) is 0 Å². The monoisotopic (exact) mass is 491 g/mol. The van der Waals surface area contributed by atoms with Crippen LogP contribution in [-0.2, 0) is 18.4 Å². The molecule has 5 rings (SSSR count). The summed E-state index contributed by atoms with van der Waals surface area (Å²) in [7, 11) is 1.97. The van der Waals surface area contributed by atoms with Crippen LogP contribution in [0, 0.1) is 13.8 Å². The van der Waals surface area contributed by atoms with E-state index in [2.05, 4.69) is 64.2 Å². The molecule has 0 aliphatic heterocycles. The van der Waals surface area contributed by atoms with Crippen LogP contribution in [-0.4, -0.2) is 30.2 Å². The van der Waals surface area contributed by atoms with Gasteiger partial charge in [0.15, 0.2) is 0 Å². The standard InChI is InChI=1S/C29H29N7O/c1-17(2)29(37)33-23-12-10-22(11-13-23)26-24(25-27(30)31-16-32-28(25)35(26)5)21-8-6-20(7-9-21)15-36-19(4)14-18(3)34-36/h6-14,16H,1,15H2,2-5H3,(H,33,37)(H2,30,31,32). The number of aryl methyl sites for hydroxylation is 3. The van der Waals surface area contributed by atoms with E-state index >= 15 is 0 Å². The molecule has 3 aromatic heterocycles. The first-order valence-corrected chi connectivity index (χ1v) is 12.0. The Morgan fingerprint density at radius 2 is 1.70 bits per heavy atom. The van der Waals surface area contributed by atoms with Crippen LogP contribution in [0.4, 0.5) is 11.5 Å². The van der Waals surface area contributed by atoms with Gasteiger partial charge in [-0.25, -0.2) is 9.97 Å². The Kier molecular flexibility index (Phi) is 6.09. The summed E-state index contributed by atoms with van der Waals surface area (Å²) >= 11 is 0. The second kappa shape index (κ2) is 9.39. The van der Waals surface area contributed by atoms with E-state index in [1.807, 2.05) is 47.5 Å². The molecule has 0 fully saturated rings. The number of nitrogen functional groups attached to an aromatic ring is 1. The third kappa shape index (κ3) is 4.49. The summed E-state index contributed by atoms with van der Waals surface area (Å²) in [5.74, 6) is 0.223. The van der Waals surface area contributed by atoms with Crippen LogP contribution in [0.1, 0.15) is 23.9 Å². The molecule has 3 N–H and O–H groups in total. The predicted octanol–water partition coefficient (Wildman–Crippen LogP) is 5.26. The van der Waals surface area contributed by atoms with E-state index in [1.54, 1.807) is 6.92 Å². The zero-order valence-electron chi connectivity index (χ0n) is 21.4. The van der Waals surface area contributed by atoms with Crippen molar-refractivity contribution in [3.8, 4) is 22.4 Å². The molecule has 0 saturated carbocycles. The number of carbonyl (C=O) groups is 1. The van der Waals surface area contributed by atoms with Gasteiger partial charge in [-0.2, -0.15) is 5.10 Å². The van der Waals surface area contributed by atoms with Gasteiger partial charge in [-0.15, -0.1) is 0 Å². The fourth-order valence-corrected chi connectivity index (χ4v) is 4.63. The van der Waals surface area contributed by atoms with Crippen molar-refractivity contribution in [2.24, 2.45) is 7.05 Å². The van der Waals surface area contributed by atoms with Gasteiger partial charge in [0, 0.05) is 29.6 Å². The molecule has 3 heterocycles. The zero-order chi connectivity index (χ0) is 26.3. The lowest BCUT2D eigenvalue weighted by atomic mass is 9.97. The molecule has 37 heavy (non-hydrogen) atoms. The molecule has 0 aliphatic rings. The first-order chi connectivity index (χ1) is 17.7. The molecule has 0 aliphatic carbocycles. The van der Waals surface area contributed by atoms with E-state index in [0.717, 1.165) is 50.4 Å². The summed E-state index contributed by atoms with van der Waals surface area (Å²) in [6.45, 7) is 10.1. The van der Waals surface area contributed by atoms with Crippen molar-refractivity contribution in [1.29, 1.82) is 0 Å². The normalized spacial score (nSPS) is 11.1. The summed E-state index contributed by atoms with van der Waals surface area (Å²) < 4.78 is 4.04. The Morgan fingerprint density at radius 3 is 2.32 bits per heavy atom. The van der Waals surface area contributed by atoms with E-state index in [1.165, 1.54) is 6.33 Å². The van der Waals surface area contributed by atoms with Gasteiger partial charge in [-0.05, 0) is 55.7 Å². The molecule has 0 radical (unpaired) electrons. The molecule has 2 aromatic carbocycles. The quantitative estimate of drug-likeness (QED) is 0.315. The van der Waals surface area contributed by atoms with Crippen LogP contribution >= 0.6 is 0 Å². The molecular formula is C29H29N7O. The summed E-state index contributed by atoms with van der Waals surface area (Å²) in [4.78, 5) is 20.8. The van der Waals surface area contributed by atoms with Gasteiger partial charge in [0.25, 0.3) is 5.91 Å². The lowest BCUT2D eigenvalue weighted by Gasteiger charge is -2.11. The molecule has 186 valence electrons. The Hall–Kier alpha value is -4.72. The number of anilines is 2. The van der Waals surface area contributed by atoms with Crippen LogP contribution in [0.25, 0.3) is 33.4 Å². The maximum Gasteiger partial charge on any atom is 0.250 e. The van der Waals surface area contributed by atoms with Crippen LogP contribution < -0.4 is 11.1 Å². The Bertz CT molecular complexity index is 1640. The number of carbonyl (C=O) groups excluding carboxylic acids is 1. The van der Waals surface area contributed by atoms with Crippen molar-refractivity contribution < 1.29 is 4.79 Å². The van der Waals surface area contributed by atoms with E-state index in [4.69, 9.17) is 5.73 Å². The highest BCUT2D eigenvalue weighted by atomic mass is 16.1. The van der Waals surface area contributed by atoms with Gasteiger partial charge in [0.1, 0.15) is 17.8 Å². The smallest absolute Gasteiger partial charge is 0.250 e. The Balaban J connectivity index is 1.58. The number of amides is 1. The SMILES string of the molecule is C=C(C)C(=O)Nc1ccc(-c2c(-c3ccc(Cn4nc(C)cc4C)cc3)c3c(N)ncnc3n2C)cc1. The molecule has 0 bridgehead atoms. The van der Waals surface area contributed by atoms with E-state index < -0.39 is 0 Å². The van der Waals surface area contributed by atoms with Crippen molar-refractivity contribution in [1.82, 2.24) is 24.3 Å². The average molecular weight is 492 g/mol. The number of nitrogens with zero attached hydrogens (tertiary/aromatic N) is 5. The van der Waals surface area contributed by atoms with E-state index in [0.29, 0.717) is 23.6 Å². The van der Waals surface area contributed by atoms with E-state index in [-0.39, 0.29) is 5.91 Å². The lowest BCUT2D eigenvalue weighted by molar-refractivity contribution is -0.112. The lowest BCUT2D eigenvalue weighted by Crippen LogP contribution is -2.11. The van der Waals surface area contributed by atoms with Crippen LogP contribution in [0.5, 0.6) is 0 Å². The third-order valence-electron chi connectivity index (χ3n) is 6.48. The third-order valence-corrected chi connectivity index (χ3v) is 6.48. The summed E-state index contributed by atoms with van der Waals surface area (Å²) in [5.41, 5.74) is 15.5. The Morgan fingerprint density at radius 1 is 1.03 bits per heavy atom. The minimum Gasteiger partial charge on any atom is -0.383 e. The number of hydrogen-bond donors (Lipinski definition) is 2. The Labute approximate surface area is 215 Å². The minimum absolute atomic E-state index is 0.207.